The Morgan fingerprint density at radius 1 is 1.35 bits per heavy atom. The fraction of sp³-hybridized carbons (Fsp3) is 0.200. The average molecular weight is 372 g/mol. The second-order valence-electron chi connectivity index (χ2n) is 6.41. The summed E-state index contributed by atoms with van der Waals surface area (Å²) in [7, 11) is 1.52. The molecule has 0 bridgehead atoms. The Balaban J connectivity index is 1.95. The molecule has 2 aromatic rings. The van der Waals surface area contributed by atoms with E-state index in [2.05, 4.69) is 6.58 Å². The highest BCUT2D eigenvalue weighted by Crippen LogP contribution is 2.54. The number of halogens is 2. The number of rotatable bonds is 2. The number of allylic oxidation sites excluding steroid dienone is 1. The van der Waals surface area contributed by atoms with Crippen LogP contribution in [0.4, 0.5) is 10.1 Å². The van der Waals surface area contributed by atoms with Crippen molar-refractivity contribution in [1.82, 2.24) is 0 Å². The molecule has 0 fully saturated rings. The summed E-state index contributed by atoms with van der Waals surface area (Å²) >= 11 is 5.75. The normalized spacial score (nSPS) is 20.5. The molecule has 1 unspecified atom stereocenters. The second-order valence-corrected chi connectivity index (χ2v) is 6.67. The first-order chi connectivity index (χ1) is 12.4. The molecule has 1 aliphatic heterocycles. The minimum atomic E-state index is -1.20. The average Bonchev–Trinajstić information content (AvgIpc) is 3.07. The summed E-state index contributed by atoms with van der Waals surface area (Å²) in [6, 6.07) is 9.32. The molecule has 0 saturated carbocycles. The monoisotopic (exact) mass is 371 g/mol. The van der Waals surface area contributed by atoms with Gasteiger partial charge in [0.1, 0.15) is 22.9 Å². The van der Waals surface area contributed by atoms with Crippen LogP contribution in [0.15, 0.2) is 48.7 Å². The largest absolute Gasteiger partial charge is 0.497 e. The molecule has 0 aromatic heterocycles. The number of methoxy groups -OCH3 is 1. The van der Waals surface area contributed by atoms with Crippen molar-refractivity contribution in [2.24, 2.45) is 0 Å². The summed E-state index contributed by atoms with van der Waals surface area (Å²) in [6.45, 7) is 4.03. The number of carbonyl (C=O) groups is 2. The summed E-state index contributed by atoms with van der Waals surface area (Å²) in [5.41, 5.74) is 1.32. The molecule has 4 nitrogen and oxygen atoms in total. The quantitative estimate of drug-likeness (QED) is 0.758. The highest BCUT2D eigenvalue weighted by molar-refractivity contribution is 6.30. The number of nitrogens with zero attached hydrogens (tertiary/aromatic N) is 1. The van der Waals surface area contributed by atoms with Crippen molar-refractivity contribution >= 4 is 29.0 Å². The minimum Gasteiger partial charge on any atom is -0.497 e. The van der Waals surface area contributed by atoms with Gasteiger partial charge >= 0.3 is 0 Å². The van der Waals surface area contributed by atoms with Crippen molar-refractivity contribution < 1.29 is 18.7 Å². The third-order valence-corrected chi connectivity index (χ3v) is 5.42. The molecule has 2 aromatic carbocycles. The van der Waals surface area contributed by atoms with Crippen LogP contribution in [-0.4, -0.2) is 24.7 Å². The smallest absolute Gasteiger partial charge is 0.246 e. The summed E-state index contributed by atoms with van der Waals surface area (Å²) in [4.78, 5) is 27.2. The summed E-state index contributed by atoms with van der Waals surface area (Å²) in [5.74, 6) is -0.792. The van der Waals surface area contributed by atoms with Gasteiger partial charge in [0, 0.05) is 11.3 Å². The number of ether oxygens (including phenoxy) is 1. The van der Waals surface area contributed by atoms with Gasteiger partial charge in [0.25, 0.3) is 0 Å². The van der Waals surface area contributed by atoms with E-state index in [1.807, 2.05) is 6.07 Å². The number of anilines is 1. The van der Waals surface area contributed by atoms with Gasteiger partial charge in [-0.15, -0.1) is 11.6 Å². The number of Topliss-reactive ketones (excluding diaryl/α,β-unsaturated/α-hetero) is 1. The number of hydrogen-bond acceptors (Lipinski definition) is 3. The molecule has 1 spiro atoms. The minimum absolute atomic E-state index is 0.215. The van der Waals surface area contributed by atoms with Crippen LogP contribution in [0.5, 0.6) is 5.75 Å². The van der Waals surface area contributed by atoms with Crippen molar-refractivity contribution in [3.05, 3.63) is 71.2 Å². The third kappa shape index (κ3) is 2.01. The maximum absolute atomic E-state index is 14.0. The molecule has 26 heavy (non-hydrogen) atoms. The van der Waals surface area contributed by atoms with Gasteiger partial charge < -0.3 is 4.74 Å². The van der Waals surface area contributed by atoms with Gasteiger partial charge in [-0.25, -0.2) is 4.39 Å². The van der Waals surface area contributed by atoms with Crippen molar-refractivity contribution in [1.29, 1.82) is 0 Å². The lowest BCUT2D eigenvalue weighted by atomic mass is 9.76. The molecule has 6 heteroatoms. The van der Waals surface area contributed by atoms with Gasteiger partial charge in [0.15, 0.2) is 5.78 Å². The molecule has 0 radical (unpaired) electrons. The number of amides is 1. The van der Waals surface area contributed by atoms with Crippen LogP contribution in [0, 0.1) is 5.82 Å². The lowest BCUT2D eigenvalue weighted by Gasteiger charge is -2.26. The second kappa shape index (κ2) is 5.68. The van der Waals surface area contributed by atoms with Gasteiger partial charge in [0.05, 0.1) is 12.8 Å². The van der Waals surface area contributed by atoms with Crippen LogP contribution in [0.1, 0.15) is 21.5 Å². The van der Waals surface area contributed by atoms with Crippen LogP contribution in [-0.2, 0) is 16.6 Å². The van der Waals surface area contributed by atoms with Crippen LogP contribution < -0.4 is 9.64 Å². The van der Waals surface area contributed by atoms with E-state index in [4.69, 9.17) is 16.3 Å². The lowest BCUT2D eigenvalue weighted by Crippen LogP contribution is -2.38. The number of hydrogen-bond donors (Lipinski definition) is 0. The highest BCUT2D eigenvalue weighted by atomic mass is 35.5. The van der Waals surface area contributed by atoms with E-state index in [1.165, 1.54) is 30.2 Å². The number of ketones is 1. The van der Waals surface area contributed by atoms with E-state index in [-0.39, 0.29) is 11.7 Å². The van der Waals surface area contributed by atoms with Gasteiger partial charge in [-0.3, -0.25) is 14.5 Å². The standard InChI is InChI=1S/C20H15ClFNO3/c1-11-20(9-12-3-5-14(26-2)8-15(12)19(20)25)16-7-13(22)4-6-17(16)23(11)18(24)10-21/h3-8H,1,9-10H2,2H3. The van der Waals surface area contributed by atoms with Crippen molar-refractivity contribution in [3.63, 3.8) is 0 Å². The van der Waals surface area contributed by atoms with Gasteiger partial charge in [-0.1, -0.05) is 12.6 Å². The maximum atomic E-state index is 14.0. The third-order valence-electron chi connectivity index (χ3n) is 5.19. The first-order valence-electron chi connectivity index (χ1n) is 8.04. The Hall–Kier alpha value is -2.66. The zero-order valence-electron chi connectivity index (χ0n) is 14.0. The van der Waals surface area contributed by atoms with E-state index in [1.54, 1.807) is 12.1 Å². The van der Waals surface area contributed by atoms with Crippen molar-refractivity contribution in [2.45, 2.75) is 11.8 Å². The summed E-state index contributed by atoms with van der Waals surface area (Å²) < 4.78 is 19.2. The molecule has 132 valence electrons. The molecule has 1 atom stereocenters. The summed E-state index contributed by atoms with van der Waals surface area (Å²) in [5, 5.41) is 0. The van der Waals surface area contributed by atoms with E-state index < -0.39 is 17.1 Å². The Labute approximate surface area is 154 Å². The first-order valence-corrected chi connectivity index (χ1v) is 8.57. The highest BCUT2D eigenvalue weighted by Gasteiger charge is 2.57. The topological polar surface area (TPSA) is 46.6 Å². The summed E-state index contributed by atoms with van der Waals surface area (Å²) in [6.07, 6.45) is 0.312. The van der Waals surface area contributed by atoms with Gasteiger partial charge in [0.2, 0.25) is 5.91 Å². The van der Waals surface area contributed by atoms with Crippen LogP contribution >= 0.6 is 11.6 Å². The van der Waals surface area contributed by atoms with Gasteiger partial charge in [-0.05, 0) is 47.9 Å². The molecule has 1 amide bonds. The number of fused-ring (bicyclic) bond motifs is 3. The Morgan fingerprint density at radius 2 is 2.12 bits per heavy atom. The van der Waals surface area contributed by atoms with E-state index in [0.29, 0.717) is 34.7 Å². The van der Waals surface area contributed by atoms with Crippen molar-refractivity contribution in [3.8, 4) is 5.75 Å². The maximum Gasteiger partial charge on any atom is 0.246 e. The Bertz CT molecular complexity index is 987. The Morgan fingerprint density at radius 3 is 2.81 bits per heavy atom. The van der Waals surface area contributed by atoms with Crippen LogP contribution in [0.3, 0.4) is 0 Å². The molecule has 4 rings (SSSR count). The molecular formula is C20H15ClFNO3. The van der Waals surface area contributed by atoms with Crippen molar-refractivity contribution in [2.75, 3.05) is 17.9 Å². The predicted octanol–water partition coefficient (Wildman–Crippen LogP) is 3.61. The number of carbonyl (C=O) groups excluding carboxylic acids is 2. The Kier molecular flexibility index (Phi) is 3.66. The molecule has 0 N–H and O–H groups in total. The van der Waals surface area contributed by atoms with E-state index in [9.17, 15) is 14.0 Å². The fourth-order valence-corrected chi connectivity index (χ4v) is 4.10. The molecule has 2 aliphatic rings. The lowest BCUT2D eigenvalue weighted by molar-refractivity contribution is -0.115. The zero-order chi connectivity index (χ0) is 18.6. The SMILES string of the molecule is C=C1N(C(=O)CCl)c2ccc(F)cc2C12Cc1ccc(OC)cc1C2=O. The van der Waals surface area contributed by atoms with Crippen LogP contribution in [0.25, 0.3) is 0 Å². The molecule has 1 aliphatic carbocycles. The first kappa shape index (κ1) is 16.8. The number of alkyl halides is 1. The zero-order valence-corrected chi connectivity index (χ0v) is 14.8. The predicted molar refractivity (Wildman–Crippen MR) is 96.5 cm³/mol. The van der Waals surface area contributed by atoms with E-state index >= 15 is 0 Å². The van der Waals surface area contributed by atoms with E-state index in [0.717, 1.165) is 5.56 Å². The fourth-order valence-electron chi connectivity index (χ4n) is 3.98. The molecule has 1 heterocycles. The number of benzene rings is 2. The molecular weight excluding hydrogens is 357 g/mol. The molecule has 0 saturated heterocycles. The van der Waals surface area contributed by atoms with Crippen LogP contribution in [0.2, 0.25) is 0 Å². The van der Waals surface area contributed by atoms with Gasteiger partial charge in [-0.2, -0.15) is 0 Å².